The van der Waals surface area contributed by atoms with Crippen molar-refractivity contribution in [3.05, 3.63) is 27.9 Å². The number of carbonyl (C=O) groups excluding carboxylic acids is 1. The second-order valence-electron chi connectivity index (χ2n) is 4.05. The van der Waals surface area contributed by atoms with Crippen molar-refractivity contribution < 1.29 is 19.6 Å². The summed E-state index contributed by atoms with van der Waals surface area (Å²) in [5, 5.41) is 22.6. The van der Waals surface area contributed by atoms with Gasteiger partial charge >= 0.3 is 5.82 Å². The minimum Gasteiger partial charge on any atom is -0.391 e. The minimum atomic E-state index is -0.645. The van der Waals surface area contributed by atoms with Gasteiger partial charge in [-0.15, -0.1) is 0 Å². The predicted octanol–water partition coefficient (Wildman–Crippen LogP) is 0.0605. The fourth-order valence-electron chi connectivity index (χ4n) is 1.63. The number of aliphatic hydroxyl groups excluding tert-OH is 1. The molecule has 0 saturated heterocycles. The van der Waals surface area contributed by atoms with Gasteiger partial charge in [-0.2, -0.15) is 0 Å². The summed E-state index contributed by atoms with van der Waals surface area (Å²) in [6.45, 7) is 0.466. The molecule has 1 aromatic rings. The highest BCUT2D eigenvalue weighted by molar-refractivity contribution is 5.93. The molecule has 1 rings (SSSR count). The largest absolute Gasteiger partial charge is 0.391 e. The molecule has 0 bridgehead atoms. The van der Waals surface area contributed by atoms with E-state index in [9.17, 15) is 20.0 Å². The van der Waals surface area contributed by atoms with Crippen LogP contribution in [0.3, 0.4) is 0 Å². The molecule has 1 aromatic heterocycles. The molecule has 1 unspecified atom stereocenters. The lowest BCUT2D eigenvalue weighted by Crippen LogP contribution is -2.29. The SMILES string of the molecule is COCC(O)CCNC(=O)c1ccc([N+](=O)[O-])n1C. The van der Waals surface area contributed by atoms with Crippen molar-refractivity contribution in [3.8, 4) is 0 Å². The Bertz CT molecular complexity index is 457. The van der Waals surface area contributed by atoms with Gasteiger partial charge in [0.2, 0.25) is 0 Å². The summed E-state index contributed by atoms with van der Waals surface area (Å²) < 4.78 is 5.96. The van der Waals surface area contributed by atoms with Gasteiger partial charge in [0.1, 0.15) is 0 Å². The number of methoxy groups -OCH3 is 1. The van der Waals surface area contributed by atoms with Crippen molar-refractivity contribution in [1.29, 1.82) is 0 Å². The van der Waals surface area contributed by atoms with Crippen LogP contribution in [0.1, 0.15) is 16.9 Å². The summed E-state index contributed by atoms with van der Waals surface area (Å²) in [5.74, 6) is -0.565. The van der Waals surface area contributed by atoms with E-state index in [1.807, 2.05) is 0 Å². The Morgan fingerprint density at radius 2 is 2.32 bits per heavy atom. The Labute approximate surface area is 110 Å². The molecule has 8 nitrogen and oxygen atoms in total. The van der Waals surface area contributed by atoms with Crippen LogP contribution in [0.15, 0.2) is 12.1 Å². The molecule has 1 heterocycles. The zero-order valence-corrected chi connectivity index (χ0v) is 10.8. The first-order valence-electron chi connectivity index (χ1n) is 5.72. The average Bonchev–Trinajstić information content (AvgIpc) is 2.71. The third-order valence-corrected chi connectivity index (χ3v) is 2.64. The summed E-state index contributed by atoms with van der Waals surface area (Å²) in [7, 11) is 2.93. The Balaban J connectivity index is 2.52. The maximum Gasteiger partial charge on any atom is 0.323 e. The number of nitrogens with zero attached hydrogens (tertiary/aromatic N) is 2. The molecular formula is C11H17N3O5. The average molecular weight is 271 g/mol. The maximum absolute atomic E-state index is 11.8. The van der Waals surface area contributed by atoms with Crippen molar-refractivity contribution in [3.63, 3.8) is 0 Å². The first-order valence-corrected chi connectivity index (χ1v) is 5.72. The molecule has 0 fully saturated rings. The Morgan fingerprint density at radius 3 is 2.84 bits per heavy atom. The first-order chi connectivity index (χ1) is 8.97. The number of nitrogens with one attached hydrogen (secondary N) is 1. The molecular weight excluding hydrogens is 254 g/mol. The van der Waals surface area contributed by atoms with Crippen molar-refractivity contribution in [2.24, 2.45) is 7.05 Å². The molecule has 0 radical (unpaired) electrons. The molecule has 106 valence electrons. The van der Waals surface area contributed by atoms with Crippen molar-refractivity contribution in [1.82, 2.24) is 9.88 Å². The van der Waals surface area contributed by atoms with Gasteiger partial charge in [-0.3, -0.25) is 4.79 Å². The molecule has 0 aliphatic carbocycles. The summed E-state index contributed by atoms with van der Waals surface area (Å²) in [4.78, 5) is 21.9. The summed E-state index contributed by atoms with van der Waals surface area (Å²) in [6.07, 6.45) is -0.292. The molecule has 0 spiro atoms. The molecule has 2 N–H and O–H groups in total. The highest BCUT2D eigenvalue weighted by Gasteiger charge is 2.20. The van der Waals surface area contributed by atoms with E-state index in [-0.39, 0.29) is 24.7 Å². The van der Waals surface area contributed by atoms with E-state index >= 15 is 0 Å². The van der Waals surface area contributed by atoms with Gasteiger partial charge in [0.05, 0.1) is 19.8 Å². The van der Waals surface area contributed by atoms with E-state index in [2.05, 4.69) is 5.32 Å². The number of aromatic nitrogens is 1. The molecule has 0 aromatic carbocycles. The van der Waals surface area contributed by atoms with E-state index in [1.54, 1.807) is 0 Å². The lowest BCUT2D eigenvalue weighted by atomic mass is 10.2. The minimum absolute atomic E-state index is 0.149. The molecule has 1 amide bonds. The van der Waals surface area contributed by atoms with Crippen LogP contribution in [0.25, 0.3) is 0 Å². The van der Waals surface area contributed by atoms with Crippen LogP contribution in [-0.4, -0.2) is 46.9 Å². The van der Waals surface area contributed by atoms with Gasteiger partial charge in [0.15, 0.2) is 5.69 Å². The van der Waals surface area contributed by atoms with E-state index in [0.717, 1.165) is 0 Å². The number of amides is 1. The van der Waals surface area contributed by atoms with Crippen LogP contribution in [0.4, 0.5) is 5.82 Å². The molecule has 0 aliphatic heterocycles. The second kappa shape index (κ2) is 6.86. The normalized spacial score (nSPS) is 12.2. The van der Waals surface area contributed by atoms with Crippen molar-refractivity contribution in [2.45, 2.75) is 12.5 Å². The molecule has 8 heteroatoms. The van der Waals surface area contributed by atoms with E-state index in [0.29, 0.717) is 6.42 Å². The van der Waals surface area contributed by atoms with Crippen molar-refractivity contribution >= 4 is 11.7 Å². The molecule has 0 saturated carbocycles. The Morgan fingerprint density at radius 1 is 1.63 bits per heavy atom. The first kappa shape index (κ1) is 15.1. The lowest BCUT2D eigenvalue weighted by Gasteiger charge is -2.09. The standard InChI is InChI=1S/C11H17N3O5/c1-13-9(3-4-10(13)14(17)18)11(16)12-6-5-8(15)7-19-2/h3-4,8,15H,5-7H2,1-2H3,(H,12,16). The number of hydrogen-bond acceptors (Lipinski definition) is 5. The van der Waals surface area contributed by atoms with Crippen LogP contribution < -0.4 is 5.32 Å². The van der Waals surface area contributed by atoms with Gasteiger partial charge < -0.3 is 25.3 Å². The number of carbonyl (C=O) groups is 1. The van der Waals surface area contributed by atoms with Gasteiger partial charge in [-0.25, -0.2) is 4.57 Å². The van der Waals surface area contributed by atoms with Crippen LogP contribution in [0.5, 0.6) is 0 Å². The van der Waals surface area contributed by atoms with E-state index < -0.39 is 16.9 Å². The fourth-order valence-corrected chi connectivity index (χ4v) is 1.63. The maximum atomic E-state index is 11.8. The third-order valence-electron chi connectivity index (χ3n) is 2.64. The predicted molar refractivity (Wildman–Crippen MR) is 66.9 cm³/mol. The number of nitro groups is 1. The summed E-state index contributed by atoms with van der Waals surface area (Å²) >= 11 is 0. The van der Waals surface area contributed by atoms with Crippen LogP contribution in [0.2, 0.25) is 0 Å². The zero-order valence-electron chi connectivity index (χ0n) is 10.8. The highest BCUT2D eigenvalue weighted by Crippen LogP contribution is 2.14. The van der Waals surface area contributed by atoms with Crippen LogP contribution in [-0.2, 0) is 11.8 Å². The second-order valence-corrected chi connectivity index (χ2v) is 4.05. The Hall–Kier alpha value is -1.93. The quantitative estimate of drug-likeness (QED) is 0.538. The van der Waals surface area contributed by atoms with Gasteiger partial charge in [-0.05, 0) is 17.4 Å². The zero-order chi connectivity index (χ0) is 14.4. The van der Waals surface area contributed by atoms with Gasteiger partial charge in [0.25, 0.3) is 5.91 Å². The van der Waals surface area contributed by atoms with Crippen molar-refractivity contribution in [2.75, 3.05) is 20.3 Å². The fraction of sp³-hybridized carbons (Fsp3) is 0.545. The Kier molecular flexibility index (Phi) is 5.46. The van der Waals surface area contributed by atoms with Crippen LogP contribution in [0, 0.1) is 10.1 Å². The number of rotatable bonds is 7. The highest BCUT2D eigenvalue weighted by atomic mass is 16.6. The molecule has 19 heavy (non-hydrogen) atoms. The summed E-state index contributed by atoms with van der Waals surface area (Å²) in [5.41, 5.74) is 0.202. The van der Waals surface area contributed by atoms with E-state index in [4.69, 9.17) is 4.74 Å². The van der Waals surface area contributed by atoms with Crippen LogP contribution >= 0.6 is 0 Å². The van der Waals surface area contributed by atoms with Gasteiger partial charge in [0, 0.05) is 19.7 Å². The number of ether oxygens (including phenoxy) is 1. The summed E-state index contributed by atoms with van der Waals surface area (Å²) in [6, 6.07) is 2.66. The lowest BCUT2D eigenvalue weighted by molar-refractivity contribution is -0.391. The topological polar surface area (TPSA) is 107 Å². The monoisotopic (exact) mass is 271 g/mol. The molecule has 1 atom stereocenters. The number of hydrogen-bond donors (Lipinski definition) is 2. The number of aliphatic hydroxyl groups is 1. The van der Waals surface area contributed by atoms with Gasteiger partial charge in [-0.1, -0.05) is 0 Å². The molecule has 0 aliphatic rings. The van der Waals surface area contributed by atoms with E-state index in [1.165, 1.54) is 30.9 Å². The third kappa shape index (κ3) is 4.04. The smallest absolute Gasteiger partial charge is 0.323 e.